The predicted octanol–water partition coefficient (Wildman–Crippen LogP) is 2.03. The molecule has 0 unspecified atom stereocenters. The van der Waals surface area contributed by atoms with Crippen molar-refractivity contribution in [2.45, 2.75) is 30.7 Å². The number of hydrogen-bond acceptors (Lipinski definition) is 5. The molecule has 1 aliphatic heterocycles. The number of carbonyl (C=O) groups excluding carboxylic acids is 1. The van der Waals surface area contributed by atoms with Gasteiger partial charge in [-0.3, -0.25) is 9.69 Å². The third kappa shape index (κ3) is 5.01. The van der Waals surface area contributed by atoms with Crippen molar-refractivity contribution >= 4 is 15.9 Å². The monoisotopic (exact) mass is 452 g/mol. The minimum atomic E-state index is -3.56. The van der Waals surface area contributed by atoms with Gasteiger partial charge in [-0.15, -0.1) is 0 Å². The molecule has 0 spiro atoms. The number of nitriles is 1. The fourth-order valence-corrected chi connectivity index (χ4v) is 5.91. The highest BCUT2D eigenvalue weighted by atomic mass is 32.2. The second-order valence-electron chi connectivity index (χ2n) is 8.36. The van der Waals surface area contributed by atoms with E-state index in [4.69, 9.17) is 5.26 Å². The summed E-state index contributed by atoms with van der Waals surface area (Å²) in [7, 11) is -3.56. The fourth-order valence-electron chi connectivity index (χ4n) is 4.44. The van der Waals surface area contributed by atoms with E-state index in [0.717, 1.165) is 30.4 Å². The van der Waals surface area contributed by atoms with Crippen LogP contribution in [0.2, 0.25) is 0 Å². The molecule has 1 heterocycles. The average Bonchev–Trinajstić information content (AvgIpc) is 3.28. The Bertz CT molecular complexity index is 1100. The van der Waals surface area contributed by atoms with Crippen LogP contribution in [-0.2, 0) is 34.2 Å². The van der Waals surface area contributed by atoms with E-state index in [-0.39, 0.29) is 32.1 Å². The highest BCUT2D eigenvalue weighted by molar-refractivity contribution is 7.89. The normalized spacial score (nSPS) is 16.7. The van der Waals surface area contributed by atoms with Gasteiger partial charge in [-0.1, -0.05) is 36.4 Å². The zero-order valence-electron chi connectivity index (χ0n) is 18.1. The van der Waals surface area contributed by atoms with E-state index in [1.165, 1.54) is 9.87 Å². The summed E-state index contributed by atoms with van der Waals surface area (Å²) in [5.74, 6) is -0.0780. The molecule has 1 saturated heterocycles. The van der Waals surface area contributed by atoms with E-state index < -0.39 is 10.0 Å². The summed E-state index contributed by atoms with van der Waals surface area (Å²) in [6.07, 6.45) is 3.03. The molecular weight excluding hydrogens is 424 g/mol. The number of amides is 1. The van der Waals surface area contributed by atoms with Crippen molar-refractivity contribution in [2.75, 3.05) is 39.3 Å². The third-order valence-corrected chi connectivity index (χ3v) is 8.10. The number of piperazine rings is 1. The van der Waals surface area contributed by atoms with E-state index in [1.54, 1.807) is 11.0 Å². The maximum absolute atomic E-state index is 13.1. The van der Waals surface area contributed by atoms with Crippen molar-refractivity contribution in [2.24, 2.45) is 0 Å². The summed E-state index contributed by atoms with van der Waals surface area (Å²) in [5, 5.41) is 9.14. The molecular formula is C24H28N4O3S. The molecule has 1 aliphatic carbocycles. The van der Waals surface area contributed by atoms with E-state index in [1.807, 2.05) is 47.4 Å². The first-order chi connectivity index (χ1) is 15.5. The number of carbonyl (C=O) groups is 1. The van der Waals surface area contributed by atoms with Crippen molar-refractivity contribution in [3.8, 4) is 6.07 Å². The van der Waals surface area contributed by atoms with Gasteiger partial charge < -0.3 is 4.90 Å². The van der Waals surface area contributed by atoms with Crippen LogP contribution in [0.15, 0.2) is 53.4 Å². The molecule has 0 bridgehead atoms. The topological polar surface area (TPSA) is 84.7 Å². The number of fused-ring (bicyclic) bond motifs is 1. The molecule has 8 heteroatoms. The maximum atomic E-state index is 13.1. The van der Waals surface area contributed by atoms with Gasteiger partial charge in [-0.05, 0) is 48.1 Å². The van der Waals surface area contributed by atoms with Gasteiger partial charge in [-0.25, -0.2) is 8.42 Å². The van der Waals surface area contributed by atoms with Crippen LogP contribution in [0.1, 0.15) is 23.1 Å². The minimum absolute atomic E-state index is 0.0780. The lowest BCUT2D eigenvalue weighted by Gasteiger charge is -2.35. The Hall–Kier alpha value is -2.73. The zero-order valence-corrected chi connectivity index (χ0v) is 18.9. The fraction of sp³-hybridized carbons (Fsp3) is 0.417. The lowest BCUT2D eigenvalue weighted by molar-refractivity contribution is -0.133. The second-order valence-corrected chi connectivity index (χ2v) is 10.3. The van der Waals surface area contributed by atoms with Gasteiger partial charge in [0.1, 0.15) is 0 Å². The molecule has 0 N–H and O–H groups in total. The second kappa shape index (κ2) is 9.82. The number of aryl methyl sites for hydroxylation is 2. The molecule has 0 aromatic heterocycles. The van der Waals surface area contributed by atoms with Gasteiger partial charge in [-0.2, -0.15) is 9.57 Å². The summed E-state index contributed by atoms with van der Waals surface area (Å²) < 4.78 is 27.7. The van der Waals surface area contributed by atoms with Crippen molar-refractivity contribution < 1.29 is 13.2 Å². The van der Waals surface area contributed by atoms with Crippen LogP contribution in [0.4, 0.5) is 0 Å². The van der Waals surface area contributed by atoms with E-state index >= 15 is 0 Å². The SMILES string of the molecule is N#CCN(CC(=O)N1CCN(S(=O)(=O)c2ccc3c(c2)CCC3)CC1)Cc1ccccc1. The highest BCUT2D eigenvalue weighted by Gasteiger charge is 2.31. The average molecular weight is 453 g/mol. The Kier molecular flexibility index (Phi) is 6.89. The van der Waals surface area contributed by atoms with Gasteiger partial charge in [0.25, 0.3) is 0 Å². The zero-order chi connectivity index (χ0) is 22.6. The number of sulfonamides is 1. The molecule has 4 rings (SSSR count). The number of hydrogen-bond donors (Lipinski definition) is 0. The first-order valence-electron chi connectivity index (χ1n) is 11.0. The number of nitrogens with zero attached hydrogens (tertiary/aromatic N) is 4. The lowest BCUT2D eigenvalue weighted by Crippen LogP contribution is -2.52. The Balaban J connectivity index is 1.35. The van der Waals surface area contributed by atoms with E-state index in [2.05, 4.69) is 6.07 Å². The summed E-state index contributed by atoms with van der Waals surface area (Å²) in [6.45, 7) is 2.09. The molecule has 1 fully saturated rings. The number of benzene rings is 2. The predicted molar refractivity (Wildman–Crippen MR) is 121 cm³/mol. The van der Waals surface area contributed by atoms with Crippen molar-refractivity contribution in [1.29, 1.82) is 5.26 Å². The van der Waals surface area contributed by atoms with Crippen LogP contribution in [0.5, 0.6) is 0 Å². The quantitative estimate of drug-likeness (QED) is 0.600. The third-order valence-electron chi connectivity index (χ3n) is 6.20. The number of rotatable bonds is 7. The molecule has 1 amide bonds. The van der Waals surface area contributed by atoms with Gasteiger partial charge in [0.2, 0.25) is 15.9 Å². The molecule has 2 aromatic carbocycles. The minimum Gasteiger partial charge on any atom is -0.339 e. The van der Waals surface area contributed by atoms with Gasteiger partial charge in [0, 0.05) is 32.7 Å². The summed E-state index contributed by atoms with van der Waals surface area (Å²) >= 11 is 0. The Labute approximate surface area is 189 Å². The lowest BCUT2D eigenvalue weighted by atomic mass is 10.1. The van der Waals surface area contributed by atoms with Gasteiger partial charge in [0.15, 0.2) is 0 Å². The van der Waals surface area contributed by atoms with Crippen LogP contribution in [0, 0.1) is 11.3 Å². The van der Waals surface area contributed by atoms with E-state index in [9.17, 15) is 13.2 Å². The Morgan fingerprint density at radius 2 is 1.72 bits per heavy atom. The molecule has 0 saturated carbocycles. The molecule has 0 atom stereocenters. The van der Waals surface area contributed by atoms with Crippen LogP contribution in [0.3, 0.4) is 0 Å². The van der Waals surface area contributed by atoms with Gasteiger partial charge in [0.05, 0.1) is 24.1 Å². The summed E-state index contributed by atoms with van der Waals surface area (Å²) in [4.78, 5) is 16.7. The van der Waals surface area contributed by atoms with Crippen molar-refractivity contribution in [3.63, 3.8) is 0 Å². The van der Waals surface area contributed by atoms with Crippen LogP contribution in [0.25, 0.3) is 0 Å². The Morgan fingerprint density at radius 1 is 1.00 bits per heavy atom. The maximum Gasteiger partial charge on any atom is 0.243 e. The molecule has 2 aromatic rings. The van der Waals surface area contributed by atoms with Crippen molar-refractivity contribution in [3.05, 3.63) is 65.2 Å². The van der Waals surface area contributed by atoms with Crippen molar-refractivity contribution in [1.82, 2.24) is 14.1 Å². The van der Waals surface area contributed by atoms with E-state index in [0.29, 0.717) is 24.5 Å². The molecule has 2 aliphatic rings. The molecule has 0 radical (unpaired) electrons. The highest BCUT2D eigenvalue weighted by Crippen LogP contribution is 2.26. The van der Waals surface area contributed by atoms with Crippen LogP contribution >= 0.6 is 0 Å². The van der Waals surface area contributed by atoms with Crippen LogP contribution < -0.4 is 0 Å². The molecule has 7 nitrogen and oxygen atoms in total. The summed E-state index contributed by atoms with van der Waals surface area (Å²) in [5.41, 5.74) is 3.42. The first kappa shape index (κ1) is 22.5. The molecule has 32 heavy (non-hydrogen) atoms. The van der Waals surface area contributed by atoms with Gasteiger partial charge >= 0.3 is 0 Å². The largest absolute Gasteiger partial charge is 0.339 e. The van der Waals surface area contributed by atoms with Crippen LogP contribution in [-0.4, -0.2) is 67.7 Å². The standard InChI is InChI=1S/C24H28N4O3S/c25-11-12-26(18-20-5-2-1-3-6-20)19-24(29)27-13-15-28(16-14-27)32(30,31)23-10-9-21-7-4-8-22(21)17-23/h1-3,5-6,9-10,17H,4,7-8,12-16,18-19H2. The smallest absolute Gasteiger partial charge is 0.243 e. The summed E-state index contributed by atoms with van der Waals surface area (Å²) in [6, 6.07) is 17.3. The first-order valence-corrected chi connectivity index (χ1v) is 12.4. The molecule has 168 valence electrons. The Morgan fingerprint density at radius 3 is 2.44 bits per heavy atom.